The molecule has 0 radical (unpaired) electrons. The number of fused-ring (bicyclic) bond motifs is 1. The second kappa shape index (κ2) is 9.66. The number of nitrogens with zero attached hydrogens (tertiary/aromatic N) is 4. The van der Waals surface area contributed by atoms with Crippen molar-refractivity contribution in [1.82, 2.24) is 19.4 Å². The van der Waals surface area contributed by atoms with Crippen LogP contribution in [0.3, 0.4) is 0 Å². The van der Waals surface area contributed by atoms with E-state index in [9.17, 15) is 9.50 Å². The molecule has 0 spiro atoms. The van der Waals surface area contributed by atoms with E-state index in [2.05, 4.69) is 17.2 Å². The van der Waals surface area contributed by atoms with Crippen molar-refractivity contribution < 1.29 is 9.50 Å². The second-order valence-electron chi connectivity index (χ2n) is 7.49. The van der Waals surface area contributed by atoms with Crippen molar-refractivity contribution in [1.29, 1.82) is 0 Å². The Bertz CT molecular complexity index is 1160. The van der Waals surface area contributed by atoms with Crippen LogP contribution in [0.1, 0.15) is 38.2 Å². The van der Waals surface area contributed by atoms with Crippen molar-refractivity contribution in [3.63, 3.8) is 0 Å². The first-order valence-electron chi connectivity index (χ1n) is 10.6. The number of hydrogen-bond acceptors (Lipinski definition) is 5. The number of nitrogens with one attached hydrogen (secondary N) is 1. The molecule has 2 N–H and O–H groups in total. The third kappa shape index (κ3) is 4.72. The van der Waals surface area contributed by atoms with Gasteiger partial charge in [-0.15, -0.1) is 0 Å². The number of rotatable bonds is 9. The number of aliphatic hydroxyl groups is 1. The fraction of sp³-hybridized carbons (Fsp3) is 0.292. The lowest BCUT2D eigenvalue weighted by molar-refractivity contribution is 0.282. The fourth-order valence-corrected chi connectivity index (χ4v) is 3.57. The fourth-order valence-electron chi connectivity index (χ4n) is 3.57. The predicted molar refractivity (Wildman–Crippen MR) is 120 cm³/mol. The van der Waals surface area contributed by atoms with Crippen molar-refractivity contribution >= 4 is 11.6 Å². The van der Waals surface area contributed by atoms with Gasteiger partial charge in [-0.3, -0.25) is 4.40 Å². The topological polar surface area (TPSA) is 75.3 Å². The Labute approximate surface area is 180 Å². The smallest absolute Gasteiger partial charge is 0.223 e. The Kier molecular flexibility index (Phi) is 6.52. The third-order valence-electron chi connectivity index (χ3n) is 5.20. The molecule has 0 aliphatic heterocycles. The van der Waals surface area contributed by atoms with Crippen molar-refractivity contribution in [3.8, 4) is 22.6 Å². The van der Waals surface area contributed by atoms with Crippen LogP contribution in [0.2, 0.25) is 0 Å². The van der Waals surface area contributed by atoms with E-state index in [0.717, 1.165) is 35.5 Å². The molecule has 160 valence electrons. The summed E-state index contributed by atoms with van der Waals surface area (Å²) < 4.78 is 15.4. The molecule has 0 amide bonds. The third-order valence-corrected chi connectivity index (χ3v) is 5.20. The Morgan fingerprint density at radius 2 is 1.87 bits per heavy atom. The summed E-state index contributed by atoms with van der Waals surface area (Å²) in [5.41, 5.74) is 4.46. The lowest BCUT2D eigenvalue weighted by Gasteiger charge is -2.08. The molecule has 1 aromatic carbocycles. The zero-order chi connectivity index (χ0) is 21.6. The van der Waals surface area contributed by atoms with Crippen LogP contribution in [0.25, 0.3) is 28.3 Å². The summed E-state index contributed by atoms with van der Waals surface area (Å²) in [6, 6.07) is 11.8. The number of aliphatic hydroxyl groups excluding tert-OH is 1. The normalized spacial score (nSPS) is 11.2. The number of hydrogen-bond donors (Lipinski definition) is 2. The van der Waals surface area contributed by atoms with Gasteiger partial charge >= 0.3 is 0 Å². The number of benzene rings is 1. The van der Waals surface area contributed by atoms with E-state index in [1.165, 1.54) is 31.4 Å². The molecule has 7 heteroatoms. The Balaban J connectivity index is 1.74. The highest BCUT2D eigenvalue weighted by Crippen LogP contribution is 2.32. The molecule has 6 nitrogen and oxygen atoms in total. The lowest BCUT2D eigenvalue weighted by Crippen LogP contribution is -2.06. The minimum Gasteiger partial charge on any atom is -0.392 e. The summed E-state index contributed by atoms with van der Waals surface area (Å²) in [6.45, 7) is 2.95. The number of pyridine rings is 1. The van der Waals surface area contributed by atoms with Gasteiger partial charge in [0, 0.05) is 24.5 Å². The van der Waals surface area contributed by atoms with Gasteiger partial charge in [-0.2, -0.15) is 0 Å². The monoisotopic (exact) mass is 419 g/mol. The zero-order valence-electron chi connectivity index (χ0n) is 17.6. The van der Waals surface area contributed by atoms with E-state index < -0.39 is 0 Å². The van der Waals surface area contributed by atoms with Gasteiger partial charge < -0.3 is 10.4 Å². The average molecular weight is 420 g/mol. The van der Waals surface area contributed by atoms with Crippen LogP contribution in [0, 0.1) is 5.82 Å². The molecule has 4 aromatic rings. The molecule has 0 bridgehead atoms. The summed E-state index contributed by atoms with van der Waals surface area (Å²) in [7, 11) is 0. The molecular formula is C24H26FN5O. The molecule has 0 aliphatic carbocycles. The van der Waals surface area contributed by atoms with Crippen LogP contribution < -0.4 is 5.32 Å². The van der Waals surface area contributed by atoms with Gasteiger partial charge in [0.1, 0.15) is 11.5 Å². The number of aromatic nitrogens is 4. The standard InChI is InChI=1S/C24H26FN5O/c1-2-3-4-5-12-26-24-27-13-10-20(28-24)23-22(18-6-8-19(25)9-7-18)29-21-15-17(16-31)11-14-30(21)23/h6-11,13-15,31H,2-5,12,16H2,1H3,(H,26,27,28). The van der Waals surface area contributed by atoms with Crippen molar-refractivity contribution in [2.75, 3.05) is 11.9 Å². The van der Waals surface area contributed by atoms with E-state index in [-0.39, 0.29) is 12.4 Å². The van der Waals surface area contributed by atoms with E-state index in [1.54, 1.807) is 18.3 Å². The van der Waals surface area contributed by atoms with E-state index in [1.807, 2.05) is 28.8 Å². The summed E-state index contributed by atoms with van der Waals surface area (Å²) in [5, 5.41) is 12.8. The molecule has 0 unspecified atom stereocenters. The predicted octanol–water partition coefficient (Wildman–Crippen LogP) is 5.08. The molecule has 4 rings (SSSR count). The second-order valence-corrected chi connectivity index (χ2v) is 7.49. The Hall–Kier alpha value is -3.32. The van der Waals surface area contributed by atoms with Crippen LogP contribution in [0.15, 0.2) is 54.9 Å². The minimum atomic E-state index is -0.298. The van der Waals surface area contributed by atoms with E-state index in [4.69, 9.17) is 9.97 Å². The quantitative estimate of drug-likeness (QED) is 0.370. The van der Waals surface area contributed by atoms with Crippen LogP contribution in [0.5, 0.6) is 0 Å². The summed E-state index contributed by atoms with van der Waals surface area (Å²) >= 11 is 0. The highest BCUT2D eigenvalue weighted by atomic mass is 19.1. The Morgan fingerprint density at radius 1 is 1.03 bits per heavy atom. The first-order valence-corrected chi connectivity index (χ1v) is 10.6. The van der Waals surface area contributed by atoms with Gasteiger partial charge in [0.05, 0.1) is 23.7 Å². The molecule has 3 heterocycles. The highest BCUT2D eigenvalue weighted by Gasteiger charge is 2.18. The van der Waals surface area contributed by atoms with Gasteiger partial charge in [-0.1, -0.05) is 26.2 Å². The molecule has 0 aliphatic rings. The molecule has 0 saturated heterocycles. The van der Waals surface area contributed by atoms with Crippen molar-refractivity contribution in [2.45, 2.75) is 39.2 Å². The van der Waals surface area contributed by atoms with Crippen molar-refractivity contribution in [2.24, 2.45) is 0 Å². The van der Waals surface area contributed by atoms with Gasteiger partial charge in [0.2, 0.25) is 5.95 Å². The number of anilines is 1. The SMILES string of the molecule is CCCCCCNc1nccc(-c2c(-c3ccc(F)cc3)nc3cc(CO)ccn23)n1. The van der Waals surface area contributed by atoms with Crippen LogP contribution >= 0.6 is 0 Å². The summed E-state index contributed by atoms with van der Waals surface area (Å²) in [4.78, 5) is 13.8. The molecular weight excluding hydrogens is 393 g/mol. The molecule has 3 aromatic heterocycles. The lowest BCUT2D eigenvalue weighted by atomic mass is 10.1. The zero-order valence-corrected chi connectivity index (χ0v) is 17.6. The van der Waals surface area contributed by atoms with Gasteiger partial charge in [0.15, 0.2) is 0 Å². The van der Waals surface area contributed by atoms with Gasteiger partial charge in [-0.05, 0) is 54.4 Å². The first kappa shape index (κ1) is 20.9. The van der Waals surface area contributed by atoms with E-state index >= 15 is 0 Å². The average Bonchev–Trinajstić information content (AvgIpc) is 3.18. The van der Waals surface area contributed by atoms with Gasteiger partial charge in [0.25, 0.3) is 0 Å². The van der Waals surface area contributed by atoms with Crippen LogP contribution in [-0.2, 0) is 6.61 Å². The maximum absolute atomic E-state index is 13.5. The maximum Gasteiger partial charge on any atom is 0.223 e. The van der Waals surface area contributed by atoms with E-state index in [0.29, 0.717) is 17.3 Å². The summed E-state index contributed by atoms with van der Waals surface area (Å²) in [5.74, 6) is 0.272. The number of imidazole rings is 1. The van der Waals surface area contributed by atoms with Crippen LogP contribution in [-0.4, -0.2) is 31.0 Å². The minimum absolute atomic E-state index is 0.0653. The molecule has 0 atom stereocenters. The first-order chi connectivity index (χ1) is 15.2. The molecule has 0 saturated carbocycles. The Morgan fingerprint density at radius 3 is 2.65 bits per heavy atom. The largest absolute Gasteiger partial charge is 0.392 e. The number of halogens is 1. The van der Waals surface area contributed by atoms with Gasteiger partial charge in [-0.25, -0.2) is 19.3 Å². The number of unbranched alkanes of at least 4 members (excludes halogenated alkanes) is 3. The molecule has 31 heavy (non-hydrogen) atoms. The highest BCUT2D eigenvalue weighted by molar-refractivity contribution is 5.80. The van der Waals surface area contributed by atoms with Crippen LogP contribution in [0.4, 0.5) is 10.3 Å². The van der Waals surface area contributed by atoms with Crippen molar-refractivity contribution in [3.05, 3.63) is 66.2 Å². The summed E-state index contributed by atoms with van der Waals surface area (Å²) in [6.07, 6.45) is 8.27. The maximum atomic E-state index is 13.5. The molecule has 0 fully saturated rings.